The standard InChI is InChI=1S/C16H22N2O3/c1-12(14-5-3-2-4-6-14)17-15(19)10-18(11-16(20)21)9-13-7-8-13/h2-6,12-13H,7-11H2,1H3,(H,17,19)(H,20,21). The first-order chi connectivity index (χ1) is 10.0. The Morgan fingerprint density at radius 3 is 2.52 bits per heavy atom. The average Bonchev–Trinajstić information content (AvgIpc) is 3.22. The van der Waals surface area contributed by atoms with Crippen molar-refractivity contribution >= 4 is 11.9 Å². The third kappa shape index (κ3) is 5.55. The Balaban J connectivity index is 1.84. The maximum Gasteiger partial charge on any atom is 0.317 e. The SMILES string of the molecule is CC(NC(=O)CN(CC(=O)O)CC1CC1)c1ccccc1. The van der Waals surface area contributed by atoms with Crippen LogP contribution in [0.15, 0.2) is 30.3 Å². The number of carbonyl (C=O) groups excluding carboxylic acids is 1. The van der Waals surface area contributed by atoms with Crippen molar-refractivity contribution in [1.29, 1.82) is 0 Å². The highest BCUT2D eigenvalue weighted by Gasteiger charge is 2.26. The Morgan fingerprint density at radius 2 is 1.95 bits per heavy atom. The zero-order valence-corrected chi connectivity index (χ0v) is 12.3. The molecule has 114 valence electrons. The van der Waals surface area contributed by atoms with Crippen LogP contribution in [-0.2, 0) is 9.59 Å². The number of carboxylic acids is 1. The van der Waals surface area contributed by atoms with Gasteiger partial charge in [0.1, 0.15) is 0 Å². The predicted octanol–water partition coefficient (Wildman–Crippen LogP) is 1.66. The lowest BCUT2D eigenvalue weighted by Gasteiger charge is -2.21. The highest BCUT2D eigenvalue weighted by molar-refractivity contribution is 5.79. The average molecular weight is 290 g/mol. The highest BCUT2D eigenvalue weighted by atomic mass is 16.4. The maximum atomic E-state index is 12.1. The van der Waals surface area contributed by atoms with Gasteiger partial charge in [-0.1, -0.05) is 30.3 Å². The van der Waals surface area contributed by atoms with Crippen LogP contribution in [0.2, 0.25) is 0 Å². The van der Waals surface area contributed by atoms with Crippen LogP contribution in [0.4, 0.5) is 0 Å². The minimum atomic E-state index is -0.889. The fourth-order valence-electron chi connectivity index (χ4n) is 2.36. The van der Waals surface area contributed by atoms with E-state index in [2.05, 4.69) is 5.32 Å². The van der Waals surface area contributed by atoms with Crippen LogP contribution >= 0.6 is 0 Å². The molecule has 0 spiro atoms. The zero-order valence-electron chi connectivity index (χ0n) is 12.3. The molecule has 1 aromatic carbocycles. The van der Waals surface area contributed by atoms with Crippen molar-refractivity contribution in [1.82, 2.24) is 10.2 Å². The third-order valence-electron chi connectivity index (χ3n) is 3.62. The number of rotatable bonds is 8. The number of amides is 1. The fraction of sp³-hybridized carbons (Fsp3) is 0.500. The van der Waals surface area contributed by atoms with Gasteiger partial charge in [0.2, 0.25) is 5.91 Å². The van der Waals surface area contributed by atoms with Gasteiger partial charge in [-0.15, -0.1) is 0 Å². The Hall–Kier alpha value is -1.88. The van der Waals surface area contributed by atoms with E-state index in [1.807, 2.05) is 37.3 Å². The summed E-state index contributed by atoms with van der Waals surface area (Å²) in [7, 11) is 0. The molecular formula is C16H22N2O3. The molecule has 0 radical (unpaired) electrons. The lowest BCUT2D eigenvalue weighted by Crippen LogP contribution is -2.41. The minimum Gasteiger partial charge on any atom is -0.480 e. The quantitative estimate of drug-likeness (QED) is 0.764. The zero-order chi connectivity index (χ0) is 15.2. The second-order valence-corrected chi connectivity index (χ2v) is 5.71. The number of carbonyl (C=O) groups is 2. The molecule has 0 bridgehead atoms. The van der Waals surface area contributed by atoms with Crippen LogP contribution in [0.25, 0.3) is 0 Å². The summed E-state index contributed by atoms with van der Waals surface area (Å²) in [5.74, 6) is -0.462. The molecule has 1 unspecified atom stereocenters. The Kier molecular flexibility index (Phi) is 5.33. The van der Waals surface area contributed by atoms with E-state index in [-0.39, 0.29) is 25.0 Å². The molecule has 1 aliphatic rings. The van der Waals surface area contributed by atoms with Crippen molar-refractivity contribution in [2.24, 2.45) is 5.92 Å². The van der Waals surface area contributed by atoms with Crippen molar-refractivity contribution < 1.29 is 14.7 Å². The molecule has 21 heavy (non-hydrogen) atoms. The van der Waals surface area contributed by atoms with Gasteiger partial charge in [0.05, 0.1) is 19.1 Å². The molecule has 0 saturated heterocycles. The molecule has 5 heteroatoms. The molecule has 0 aliphatic heterocycles. The number of nitrogens with zero attached hydrogens (tertiary/aromatic N) is 1. The number of hydrogen-bond donors (Lipinski definition) is 2. The van der Waals surface area contributed by atoms with E-state index in [0.29, 0.717) is 12.5 Å². The molecule has 1 saturated carbocycles. The van der Waals surface area contributed by atoms with Gasteiger partial charge in [-0.05, 0) is 31.2 Å². The molecule has 0 aromatic heterocycles. The smallest absolute Gasteiger partial charge is 0.317 e. The number of carboxylic acid groups (broad SMARTS) is 1. The number of nitrogens with one attached hydrogen (secondary N) is 1. The van der Waals surface area contributed by atoms with Crippen LogP contribution in [-0.4, -0.2) is 41.5 Å². The van der Waals surface area contributed by atoms with E-state index in [9.17, 15) is 9.59 Å². The molecule has 1 amide bonds. The molecule has 0 heterocycles. The first kappa shape index (κ1) is 15.5. The Morgan fingerprint density at radius 1 is 1.29 bits per heavy atom. The van der Waals surface area contributed by atoms with E-state index in [4.69, 9.17) is 5.11 Å². The predicted molar refractivity (Wildman–Crippen MR) is 79.8 cm³/mol. The highest BCUT2D eigenvalue weighted by Crippen LogP contribution is 2.29. The molecule has 1 aromatic rings. The van der Waals surface area contributed by atoms with Gasteiger partial charge in [0, 0.05) is 6.54 Å². The van der Waals surface area contributed by atoms with E-state index < -0.39 is 5.97 Å². The fourth-order valence-corrected chi connectivity index (χ4v) is 2.36. The number of aliphatic carboxylic acids is 1. The first-order valence-corrected chi connectivity index (χ1v) is 7.33. The largest absolute Gasteiger partial charge is 0.480 e. The second kappa shape index (κ2) is 7.22. The van der Waals surface area contributed by atoms with Gasteiger partial charge in [-0.2, -0.15) is 0 Å². The van der Waals surface area contributed by atoms with Crippen molar-refractivity contribution in [3.8, 4) is 0 Å². The summed E-state index contributed by atoms with van der Waals surface area (Å²) in [6, 6.07) is 9.64. The van der Waals surface area contributed by atoms with Gasteiger partial charge in [0.25, 0.3) is 0 Å². The summed E-state index contributed by atoms with van der Waals surface area (Å²) in [4.78, 5) is 24.7. The van der Waals surface area contributed by atoms with Crippen molar-refractivity contribution in [2.75, 3.05) is 19.6 Å². The summed E-state index contributed by atoms with van der Waals surface area (Å²) in [6.45, 7) is 2.68. The summed E-state index contributed by atoms with van der Waals surface area (Å²) >= 11 is 0. The summed E-state index contributed by atoms with van der Waals surface area (Å²) < 4.78 is 0. The topological polar surface area (TPSA) is 69.6 Å². The first-order valence-electron chi connectivity index (χ1n) is 7.33. The van der Waals surface area contributed by atoms with Crippen molar-refractivity contribution in [2.45, 2.75) is 25.8 Å². The Bertz CT molecular complexity index is 486. The van der Waals surface area contributed by atoms with E-state index >= 15 is 0 Å². The maximum absolute atomic E-state index is 12.1. The van der Waals surface area contributed by atoms with Gasteiger partial charge in [-0.25, -0.2) is 0 Å². The number of hydrogen-bond acceptors (Lipinski definition) is 3. The minimum absolute atomic E-state index is 0.0775. The van der Waals surface area contributed by atoms with Gasteiger partial charge in [0.15, 0.2) is 0 Å². The molecule has 1 fully saturated rings. The summed E-state index contributed by atoms with van der Waals surface area (Å²) in [6.07, 6.45) is 2.27. The Labute approximate surface area is 125 Å². The van der Waals surface area contributed by atoms with E-state index in [1.165, 1.54) is 0 Å². The molecule has 1 aliphatic carbocycles. The van der Waals surface area contributed by atoms with Crippen LogP contribution in [0.5, 0.6) is 0 Å². The summed E-state index contributed by atoms with van der Waals surface area (Å²) in [5, 5.41) is 11.8. The van der Waals surface area contributed by atoms with E-state index in [1.54, 1.807) is 4.90 Å². The monoisotopic (exact) mass is 290 g/mol. The normalized spacial score (nSPS) is 15.7. The van der Waals surface area contributed by atoms with Gasteiger partial charge < -0.3 is 10.4 Å². The molecule has 1 atom stereocenters. The van der Waals surface area contributed by atoms with Crippen molar-refractivity contribution in [3.63, 3.8) is 0 Å². The lowest BCUT2D eigenvalue weighted by molar-refractivity contribution is -0.138. The van der Waals surface area contributed by atoms with Crippen LogP contribution in [0.1, 0.15) is 31.4 Å². The third-order valence-corrected chi connectivity index (χ3v) is 3.62. The summed E-state index contributed by atoms with van der Waals surface area (Å²) in [5.41, 5.74) is 1.04. The molecule has 2 N–H and O–H groups in total. The van der Waals surface area contributed by atoms with E-state index in [0.717, 1.165) is 18.4 Å². The number of benzene rings is 1. The second-order valence-electron chi connectivity index (χ2n) is 5.71. The van der Waals surface area contributed by atoms with Crippen LogP contribution in [0, 0.1) is 5.92 Å². The molecule has 5 nitrogen and oxygen atoms in total. The van der Waals surface area contributed by atoms with Crippen molar-refractivity contribution in [3.05, 3.63) is 35.9 Å². The molecule has 2 rings (SSSR count). The van der Waals surface area contributed by atoms with Crippen LogP contribution < -0.4 is 5.32 Å². The van der Waals surface area contributed by atoms with Gasteiger partial charge in [-0.3, -0.25) is 14.5 Å². The molecular weight excluding hydrogens is 268 g/mol. The van der Waals surface area contributed by atoms with Gasteiger partial charge >= 0.3 is 5.97 Å². The lowest BCUT2D eigenvalue weighted by atomic mass is 10.1. The van der Waals surface area contributed by atoms with Crippen LogP contribution in [0.3, 0.4) is 0 Å².